The standard InChI is InChI=1S/C17H30NO9P.C11H22NO8P.2C10H13NO4.C8H16O8P2.C6H15N.C6H10O2.C4H13NO7P2.C4H5NO3.C3H3ClO.CH2Cl2/c1-4-7-8-9-15(19)18-10-11-25-28(22,23)26-13-14(27-17(21)6-3)12-24-16(20)5-2;1-3-10(13)17-7-9(20-11(14)4-2)8-19-21(15,16)18-6-5-12;2*1-2-3-4-5-10(14)15-11-8(12)6-7-9(11)13;1-2-7(9)5-3-4-6-8(10,17(11,12)13)18(14,15)16;1-4-7(5-2)6-3;1-2-3-4-5-6(7)8;5-3-1-2-4(6,13(7,8)9)14(10,11)12;6-3-1-2-4(7)5(3)8;1-2-3(4)5;2-1-3/h4,14H,1,5-13H2,2-3H3,(H,18,19)(H,22,23);9H,3-8,12H2,1-2H3,(H,15,16);2*2H,1,3-7H2;2,10H,1,3-6H2,(H2,11,12,13)(H2,14,15,16);4-6H2,1-3H3;2H,1,3-5H2,(H,7,8);6H,1-3,5H2,(H2,7,8,9)(H2,10,11,12);8H,1-2H2;2H,1H2;1H2/t14-;9-;;;;;;;;;/m11........./s1. The van der Waals surface area contributed by atoms with Crippen LogP contribution in [0.4, 0.5) is 0 Å². The number of carboxylic acid groups (broad SMARTS) is 1. The first kappa shape index (κ1) is 150. The van der Waals surface area contributed by atoms with E-state index in [1.54, 1.807) is 52.0 Å². The van der Waals surface area contributed by atoms with Crippen LogP contribution in [0.25, 0.3) is 0 Å². The maximum Gasteiger partial charge on any atom is 0.472 e. The number of imide groups is 3. The van der Waals surface area contributed by atoms with Crippen molar-refractivity contribution in [1.82, 2.24) is 25.4 Å². The van der Waals surface area contributed by atoms with Gasteiger partial charge in [-0.05, 0) is 127 Å². The van der Waals surface area contributed by atoms with E-state index in [0.717, 1.165) is 25.0 Å². The zero-order valence-corrected chi connectivity index (χ0v) is 88.1. The van der Waals surface area contributed by atoms with Gasteiger partial charge in [-0.15, -0.1) is 59.6 Å². The van der Waals surface area contributed by atoms with Crippen molar-refractivity contribution in [2.75, 3.05) is 84.2 Å². The van der Waals surface area contributed by atoms with Gasteiger partial charge in [0.25, 0.3) is 45.6 Å². The first-order valence-corrected chi connectivity index (χ1v) is 54.2. The van der Waals surface area contributed by atoms with Gasteiger partial charge in [0.15, 0.2) is 18.0 Å². The van der Waals surface area contributed by atoms with E-state index in [4.69, 9.17) is 124 Å². The summed E-state index contributed by atoms with van der Waals surface area (Å²) < 4.78 is 105. The maximum atomic E-state index is 11.9. The van der Waals surface area contributed by atoms with Crippen LogP contribution in [0.5, 0.6) is 0 Å². The number of hydroxylamine groups is 6. The molecule has 824 valence electrons. The number of carbonyl (C=O) groups excluding carboxylic acids is 15. The molecule has 2 unspecified atom stereocenters. The molecule has 0 aromatic carbocycles. The number of phosphoric acid groups is 2. The Bertz CT molecular complexity index is 4010. The van der Waals surface area contributed by atoms with Gasteiger partial charge in [-0.25, -0.2) is 18.7 Å². The summed E-state index contributed by atoms with van der Waals surface area (Å²) in [5.41, 5.74) is 10.1. The number of nitrogens with zero attached hydrogens (tertiary/aromatic N) is 4. The Morgan fingerprint density at radius 1 is 0.437 bits per heavy atom. The first-order chi connectivity index (χ1) is 65.9. The number of ether oxygens (including phenoxy) is 4. The van der Waals surface area contributed by atoms with Gasteiger partial charge in [-0.1, -0.05) is 85.9 Å². The third kappa shape index (κ3) is 79.7. The number of phosphoric ester groups is 2. The zero-order valence-electron chi connectivity index (χ0n) is 80.4. The van der Waals surface area contributed by atoms with Gasteiger partial charge in [-0.2, -0.15) is 5.06 Å². The van der Waals surface area contributed by atoms with Crippen molar-refractivity contribution in [2.45, 2.75) is 251 Å². The van der Waals surface area contributed by atoms with Crippen molar-refractivity contribution in [3.63, 3.8) is 0 Å². The molecule has 0 aromatic rings. The van der Waals surface area contributed by atoms with Crippen LogP contribution in [0.1, 0.15) is 228 Å². The molecular weight excluding hydrogens is 2090 g/mol. The highest BCUT2D eigenvalue weighted by molar-refractivity contribution is 7.72. The summed E-state index contributed by atoms with van der Waals surface area (Å²) in [5.74, 6) is -7.26. The van der Waals surface area contributed by atoms with E-state index >= 15 is 0 Å². The van der Waals surface area contributed by atoms with E-state index in [0.29, 0.717) is 55.1 Å². The van der Waals surface area contributed by atoms with Gasteiger partial charge < -0.3 is 115 Å². The number of halogens is 3. The number of rotatable bonds is 58. The smallest absolute Gasteiger partial charge is 0.472 e. The Morgan fingerprint density at radius 2 is 0.746 bits per heavy atom. The third-order valence-corrected chi connectivity index (χ3v) is 26.5. The second kappa shape index (κ2) is 86.5. The fraction of sp³-hybridized carbons (Fsp3) is 0.650. The molecule has 3 heterocycles. The molecule has 3 saturated heterocycles. The highest BCUT2D eigenvalue weighted by Gasteiger charge is 2.59. The second-order valence-electron chi connectivity index (χ2n) is 27.9. The highest BCUT2D eigenvalue weighted by atomic mass is 35.5. The third-order valence-electron chi connectivity index (χ3n) is 16.6. The molecule has 3 aliphatic heterocycles. The summed E-state index contributed by atoms with van der Waals surface area (Å²) >= 11 is 14.2. The number of carboxylic acids is 1. The summed E-state index contributed by atoms with van der Waals surface area (Å²) in [6.45, 7) is 35.0. The topological polar surface area (TPSA) is 828 Å². The number of nitrogens with one attached hydrogen (secondary N) is 1. The minimum Gasteiger partial charge on any atom is -0.481 e. The Labute approximate surface area is 838 Å². The SMILES string of the molecule is C=CC(=O)CCCCC(O)(P(=O)(O)O)P(=O)(O)O.C=CC(=O)Cl.C=CCCCC(=O)NCCOP(=O)(O)OC[C@@H](COC(=O)CC)OC(=O)CC.C=CCCCC(=O)O.C=CCCCC(=O)ON1C(=O)CCC1=O.C=CCCCC(=O)ON1C(=O)CCC1=O.CCC(=O)OC[C@H](COP(=O)(O)OCCN)OC(=O)CC.CCN(CC)CC.ClCCl.NCCCC(O)(P(=O)(O)O)P(=O)(O)O.O=C1CCC(=O)N1O. The Morgan fingerprint density at radius 3 is 1.01 bits per heavy atom. The van der Waals surface area contributed by atoms with Crippen molar-refractivity contribution in [1.29, 1.82) is 0 Å². The number of aliphatic hydroxyl groups is 2. The van der Waals surface area contributed by atoms with Gasteiger partial charge in [0, 0.05) is 116 Å². The van der Waals surface area contributed by atoms with E-state index in [2.05, 4.69) is 89.2 Å². The number of aliphatic carboxylic acids is 1. The van der Waals surface area contributed by atoms with Gasteiger partial charge in [0.1, 0.15) is 13.2 Å². The fourth-order valence-electron chi connectivity index (χ4n) is 8.84. The number of hydrogen-bond acceptors (Lipinski definition) is 38. The average Bonchev–Trinajstić information content (AvgIpc) is 0.871. The van der Waals surface area contributed by atoms with E-state index in [1.807, 2.05) is 0 Å². The van der Waals surface area contributed by atoms with Crippen LogP contribution < -0.4 is 16.8 Å². The summed E-state index contributed by atoms with van der Waals surface area (Å²) in [7, 11) is -30.1. The number of amides is 7. The lowest BCUT2D eigenvalue weighted by Gasteiger charge is -2.29. The Kier molecular flexibility index (Phi) is 91.2. The first-order valence-electron chi connectivity index (χ1n) is 43.3. The predicted octanol–water partition coefficient (Wildman–Crippen LogP) is 7.81. The van der Waals surface area contributed by atoms with Crippen LogP contribution in [0.15, 0.2) is 75.9 Å². The largest absolute Gasteiger partial charge is 0.481 e. The zero-order chi connectivity index (χ0) is 112. The van der Waals surface area contributed by atoms with Crippen molar-refractivity contribution < 1.29 is 220 Å². The van der Waals surface area contributed by atoms with E-state index in [9.17, 15) is 124 Å². The molecule has 3 rings (SSSR count). The Balaban J connectivity index is -0.000000241. The minimum atomic E-state index is -5.39. The average molecular weight is 2230 g/mol. The van der Waals surface area contributed by atoms with Crippen LogP contribution in [-0.2, 0) is 151 Å². The molecule has 3 fully saturated rings. The summed E-state index contributed by atoms with van der Waals surface area (Å²) in [4.78, 5) is 274. The van der Waals surface area contributed by atoms with Crippen LogP contribution in [0, 0.1) is 0 Å². The van der Waals surface area contributed by atoms with Crippen LogP contribution >= 0.6 is 80.8 Å². The molecule has 0 aliphatic carbocycles. The van der Waals surface area contributed by atoms with Gasteiger partial charge in [0.05, 0.1) is 31.8 Å². The Hall–Kier alpha value is -7.59. The number of carbonyl (C=O) groups is 16. The minimum absolute atomic E-state index is 0.0297. The lowest BCUT2D eigenvalue weighted by atomic mass is 10.1. The molecule has 0 bridgehead atoms. The summed E-state index contributed by atoms with van der Waals surface area (Å²) in [6.07, 6.45) is 13.0. The van der Waals surface area contributed by atoms with E-state index < -0.39 is 177 Å². The summed E-state index contributed by atoms with van der Waals surface area (Å²) in [6, 6.07) is 0. The maximum absolute atomic E-state index is 11.9. The number of alkyl halides is 2. The van der Waals surface area contributed by atoms with Crippen LogP contribution in [0.3, 0.4) is 0 Å². The number of ketones is 1. The molecule has 0 radical (unpaired) electrons. The quantitative estimate of drug-likeness (QED) is 0.00264. The van der Waals surface area contributed by atoms with E-state index in [1.165, 1.54) is 19.6 Å². The number of hydrogen-bond donors (Lipinski definition) is 17. The predicted molar refractivity (Wildman–Crippen MR) is 511 cm³/mol. The van der Waals surface area contributed by atoms with Crippen molar-refractivity contribution in [3.8, 4) is 0 Å². The molecule has 3 aliphatic rings. The fourth-order valence-corrected chi connectivity index (χ4v) is 14.9. The number of esters is 4. The molecule has 0 saturated carbocycles. The highest BCUT2D eigenvalue weighted by Crippen LogP contribution is 2.70. The van der Waals surface area contributed by atoms with Crippen LogP contribution in [-0.4, -0.2) is 290 Å². The number of nitrogens with two attached hydrogens (primary N) is 2. The van der Waals surface area contributed by atoms with Gasteiger partial charge in [0.2, 0.25) is 11.1 Å². The van der Waals surface area contributed by atoms with Gasteiger partial charge in [-0.3, -0.25) is 109 Å². The molecule has 53 nitrogen and oxygen atoms in total. The molecule has 19 N–H and O–H groups in total. The molecule has 62 heteroatoms. The lowest BCUT2D eigenvalue weighted by Crippen LogP contribution is -2.31. The van der Waals surface area contributed by atoms with Gasteiger partial charge >= 0.3 is 87.8 Å². The molecular formula is C80H142Cl3N7O46P6. The van der Waals surface area contributed by atoms with Crippen LogP contribution in [0.2, 0.25) is 0 Å². The molecule has 4 atom stereocenters. The van der Waals surface area contributed by atoms with Crippen molar-refractivity contribution in [2.24, 2.45) is 11.5 Å². The monoisotopic (exact) mass is 2230 g/mol. The molecule has 7 amide bonds. The molecule has 142 heavy (non-hydrogen) atoms. The van der Waals surface area contributed by atoms with Crippen molar-refractivity contribution in [3.05, 3.63) is 75.9 Å². The normalized spacial score (nSPS) is 13.9. The second-order valence-corrected chi connectivity index (χ2v) is 40.0. The number of unbranched alkanes of at least 4 members (excludes halogenated alkanes) is 5. The lowest BCUT2D eigenvalue weighted by molar-refractivity contribution is -0.197. The number of allylic oxidation sites excluding steroid dienone is 6. The van der Waals surface area contributed by atoms with Crippen molar-refractivity contribution >= 4 is 175 Å². The molecule has 0 aromatic heterocycles. The molecule has 0 spiro atoms. The van der Waals surface area contributed by atoms with E-state index in [-0.39, 0.29) is 177 Å². The summed E-state index contributed by atoms with van der Waals surface area (Å²) in [5, 5.41) is 32.0.